The van der Waals surface area contributed by atoms with Gasteiger partial charge in [0, 0.05) is 0 Å². The van der Waals surface area contributed by atoms with Gasteiger partial charge < -0.3 is 0 Å². The number of hydrogen-bond acceptors (Lipinski definition) is 2. The van der Waals surface area contributed by atoms with E-state index in [4.69, 9.17) is 10.2 Å². The van der Waals surface area contributed by atoms with E-state index in [9.17, 15) is 9.59 Å². The van der Waals surface area contributed by atoms with E-state index in [1.54, 1.807) is 27.7 Å². The van der Waals surface area contributed by atoms with Crippen molar-refractivity contribution in [2.75, 3.05) is 0 Å². The van der Waals surface area contributed by atoms with Crippen molar-refractivity contribution >= 4 is 38.2 Å². The molecule has 0 atom stereocenters. The Morgan fingerprint density at radius 3 is 1.33 bits per heavy atom. The molecule has 0 radical (unpaired) electrons. The Bertz CT molecular complexity index is 270. The predicted octanol–water partition coefficient (Wildman–Crippen LogP) is 2.15. The Balaban J connectivity index is 3.71. The molecule has 0 saturated carbocycles. The second-order valence-electron chi connectivity index (χ2n) is 5.52. The molecule has 0 rings (SSSR count). The molecule has 18 heavy (non-hydrogen) atoms. The summed E-state index contributed by atoms with van der Waals surface area (Å²) in [6, 6.07) is 0. The molecule has 0 fully saturated rings. The van der Waals surface area contributed by atoms with Gasteiger partial charge in [-0.05, 0) is 0 Å². The fourth-order valence-corrected chi connectivity index (χ4v) is 8.30. The van der Waals surface area contributed by atoms with Crippen LogP contribution in [0, 0.1) is 10.8 Å². The Morgan fingerprint density at radius 1 is 0.833 bits per heavy atom. The van der Waals surface area contributed by atoms with Crippen LogP contribution < -0.4 is 0 Å². The summed E-state index contributed by atoms with van der Waals surface area (Å²) < 4.78 is 0. The summed E-state index contributed by atoms with van der Waals surface area (Å²) in [6.07, 6.45) is 1.43. The van der Waals surface area contributed by atoms with E-state index in [1.165, 1.54) is 0 Å². The first-order valence-corrected chi connectivity index (χ1v) is 12.6. The van der Waals surface area contributed by atoms with Gasteiger partial charge >= 0.3 is 120 Å². The molecule has 4 nitrogen and oxygen atoms in total. The van der Waals surface area contributed by atoms with Crippen LogP contribution in [0.1, 0.15) is 40.5 Å². The minimum absolute atomic E-state index is 0.480. The van der Waals surface area contributed by atoms with Crippen LogP contribution in [0.5, 0.6) is 0 Å². The maximum atomic E-state index is 10.9. The standard InChI is InChI=1S/C12H22O4Se2/c1-11(2,9(13)14)5-7-17-18-8-6-12(3,4)10(15)16/h5-8H2,1-4H3,(H,13,14)(H,15,16). The molecule has 0 aliphatic rings. The Labute approximate surface area is 120 Å². The first-order valence-electron chi connectivity index (χ1n) is 5.81. The fraction of sp³-hybridized carbons (Fsp3) is 0.833. The van der Waals surface area contributed by atoms with E-state index in [2.05, 4.69) is 0 Å². The van der Waals surface area contributed by atoms with Crippen LogP contribution in [0.25, 0.3) is 0 Å². The average Bonchev–Trinajstić information content (AvgIpc) is 2.22. The topological polar surface area (TPSA) is 74.6 Å². The maximum absolute atomic E-state index is 10.9. The van der Waals surface area contributed by atoms with Gasteiger partial charge in [-0.3, -0.25) is 0 Å². The van der Waals surface area contributed by atoms with Crippen LogP contribution >= 0.6 is 0 Å². The molecule has 0 aliphatic carbocycles. The van der Waals surface area contributed by atoms with Crippen molar-refractivity contribution in [3.63, 3.8) is 0 Å². The Morgan fingerprint density at radius 2 is 1.11 bits per heavy atom. The summed E-state index contributed by atoms with van der Waals surface area (Å²) in [5, 5.41) is 19.9. The van der Waals surface area contributed by atoms with Crippen LogP contribution in [0.15, 0.2) is 0 Å². The summed E-state index contributed by atoms with van der Waals surface area (Å²) in [5.41, 5.74) is -1.25. The monoisotopic (exact) mass is 390 g/mol. The number of rotatable bonds is 9. The third-order valence-corrected chi connectivity index (χ3v) is 10.2. The zero-order chi connectivity index (χ0) is 14.4. The molecule has 0 saturated heterocycles. The summed E-state index contributed by atoms with van der Waals surface area (Å²) in [6.45, 7) is 7.02. The number of carbonyl (C=O) groups is 2. The van der Waals surface area contributed by atoms with Gasteiger partial charge in [-0.2, -0.15) is 0 Å². The third-order valence-electron chi connectivity index (χ3n) is 2.86. The number of carboxylic acid groups (broad SMARTS) is 2. The molecule has 0 aliphatic heterocycles. The molecule has 2 N–H and O–H groups in total. The van der Waals surface area contributed by atoms with Crippen LogP contribution in [0.2, 0.25) is 10.6 Å². The van der Waals surface area contributed by atoms with Crippen molar-refractivity contribution in [3.8, 4) is 0 Å². The predicted molar refractivity (Wildman–Crippen MR) is 73.2 cm³/mol. The molecule has 0 amide bonds. The van der Waals surface area contributed by atoms with Crippen molar-refractivity contribution in [1.82, 2.24) is 0 Å². The zero-order valence-electron chi connectivity index (χ0n) is 11.4. The summed E-state index contributed by atoms with van der Waals surface area (Å²) in [4.78, 5) is 21.8. The molecule has 0 aromatic rings. The molecule has 0 aromatic heterocycles. The van der Waals surface area contributed by atoms with Crippen molar-refractivity contribution in [3.05, 3.63) is 0 Å². The molecule has 0 heterocycles. The van der Waals surface area contributed by atoms with E-state index < -0.39 is 22.8 Å². The first kappa shape index (κ1) is 18.0. The molecular formula is C12H22O4Se2. The molecule has 0 bridgehead atoms. The summed E-state index contributed by atoms with van der Waals surface area (Å²) in [7, 11) is 0. The van der Waals surface area contributed by atoms with Gasteiger partial charge in [0.05, 0.1) is 0 Å². The normalized spacial score (nSPS) is 12.4. The molecule has 106 valence electrons. The van der Waals surface area contributed by atoms with Gasteiger partial charge in [-0.15, -0.1) is 0 Å². The van der Waals surface area contributed by atoms with Crippen LogP contribution in [0.3, 0.4) is 0 Å². The number of carboxylic acids is 2. The summed E-state index contributed by atoms with van der Waals surface area (Å²) >= 11 is 0.961. The van der Waals surface area contributed by atoms with Crippen molar-refractivity contribution in [2.24, 2.45) is 10.8 Å². The van der Waals surface area contributed by atoms with Crippen molar-refractivity contribution in [2.45, 2.75) is 51.2 Å². The molecule has 0 unspecified atom stereocenters. The van der Waals surface area contributed by atoms with Gasteiger partial charge in [-0.25, -0.2) is 0 Å². The number of aliphatic carboxylic acids is 2. The van der Waals surface area contributed by atoms with E-state index >= 15 is 0 Å². The van der Waals surface area contributed by atoms with E-state index in [0.29, 0.717) is 39.1 Å². The second kappa shape index (κ2) is 7.54. The SMILES string of the molecule is CC(C)(CC[Se][Se]CCC(C)(C)C(=O)O)C(=O)O. The number of hydrogen-bond donors (Lipinski definition) is 2. The fourth-order valence-electron chi connectivity index (χ4n) is 0.925. The van der Waals surface area contributed by atoms with Crippen LogP contribution in [-0.4, -0.2) is 48.4 Å². The van der Waals surface area contributed by atoms with Crippen molar-refractivity contribution < 1.29 is 19.8 Å². The quantitative estimate of drug-likeness (QED) is 0.469. The van der Waals surface area contributed by atoms with E-state index in [-0.39, 0.29) is 0 Å². The first-order chi connectivity index (χ1) is 8.09. The Kier molecular flexibility index (Phi) is 7.53. The zero-order valence-corrected chi connectivity index (χ0v) is 14.8. The van der Waals surface area contributed by atoms with Crippen LogP contribution in [0.4, 0.5) is 0 Å². The van der Waals surface area contributed by atoms with Gasteiger partial charge in [0.1, 0.15) is 0 Å². The molecule has 0 aromatic carbocycles. The Hall–Kier alpha value is -0.0210. The van der Waals surface area contributed by atoms with Crippen molar-refractivity contribution in [1.29, 1.82) is 0 Å². The van der Waals surface area contributed by atoms with Crippen LogP contribution in [-0.2, 0) is 9.59 Å². The molecule has 6 heteroatoms. The molecular weight excluding hydrogens is 366 g/mol. The molecule has 0 spiro atoms. The summed E-state index contributed by atoms with van der Waals surface area (Å²) in [5.74, 6) is -1.48. The van der Waals surface area contributed by atoms with Gasteiger partial charge in [-0.1, -0.05) is 0 Å². The van der Waals surface area contributed by atoms with Gasteiger partial charge in [0.15, 0.2) is 0 Å². The van der Waals surface area contributed by atoms with E-state index in [1.807, 2.05) is 0 Å². The average molecular weight is 388 g/mol. The van der Waals surface area contributed by atoms with Gasteiger partial charge in [0.25, 0.3) is 0 Å². The third kappa shape index (κ3) is 6.79. The minimum atomic E-state index is -0.738. The second-order valence-corrected chi connectivity index (χ2v) is 13.4. The van der Waals surface area contributed by atoms with Gasteiger partial charge in [0.2, 0.25) is 0 Å². The van der Waals surface area contributed by atoms with E-state index in [0.717, 1.165) is 10.6 Å².